The van der Waals surface area contributed by atoms with Gasteiger partial charge in [-0.15, -0.1) is 0 Å². The Labute approximate surface area is 89.5 Å². The fourth-order valence-corrected chi connectivity index (χ4v) is 2.21. The smallest absolute Gasteiger partial charge is 0.270 e. The minimum absolute atomic E-state index is 0.107. The van der Waals surface area contributed by atoms with Crippen LogP contribution in [0.15, 0.2) is 18.3 Å². The summed E-state index contributed by atoms with van der Waals surface area (Å²) in [7, 11) is 0. The number of likely N-dealkylation sites (tertiary alicyclic amines) is 1. The topological polar surface area (TPSA) is 62.1 Å². The Morgan fingerprint density at radius 2 is 2.53 bits per heavy atom. The van der Waals surface area contributed by atoms with Crippen LogP contribution in [0.25, 0.3) is 0 Å². The first-order valence-corrected chi connectivity index (χ1v) is 5.47. The Hall–Kier alpha value is -1.29. The quantitative estimate of drug-likeness (QED) is 0.775. The highest BCUT2D eigenvalue weighted by Gasteiger charge is 2.28. The second-order valence-electron chi connectivity index (χ2n) is 3.96. The van der Waals surface area contributed by atoms with Crippen molar-refractivity contribution in [3.63, 3.8) is 0 Å². The second-order valence-corrected chi connectivity index (χ2v) is 3.96. The molecule has 3 N–H and O–H groups in total. The molecule has 0 radical (unpaired) electrons. The van der Waals surface area contributed by atoms with Gasteiger partial charge in [-0.05, 0) is 37.9 Å². The summed E-state index contributed by atoms with van der Waals surface area (Å²) in [6.07, 6.45) is 4.87. The first kappa shape index (κ1) is 10.2. The molecule has 0 spiro atoms. The number of hydrogen-bond donors (Lipinski definition) is 2. The van der Waals surface area contributed by atoms with Crippen LogP contribution in [-0.2, 0) is 0 Å². The van der Waals surface area contributed by atoms with E-state index in [-0.39, 0.29) is 5.91 Å². The van der Waals surface area contributed by atoms with Gasteiger partial charge in [-0.2, -0.15) is 0 Å². The normalized spacial score (nSPS) is 20.9. The van der Waals surface area contributed by atoms with Crippen LogP contribution in [0.3, 0.4) is 0 Å². The molecule has 1 unspecified atom stereocenters. The Morgan fingerprint density at radius 1 is 1.67 bits per heavy atom. The molecular weight excluding hydrogens is 190 g/mol. The molecule has 1 fully saturated rings. The third-order valence-electron chi connectivity index (χ3n) is 2.97. The minimum atomic E-state index is 0.107. The number of rotatable bonds is 3. The maximum atomic E-state index is 12.0. The lowest BCUT2D eigenvalue weighted by Crippen LogP contribution is -2.36. The number of carbonyl (C=O) groups excluding carboxylic acids is 1. The molecule has 2 heterocycles. The number of hydrogen-bond acceptors (Lipinski definition) is 2. The van der Waals surface area contributed by atoms with Crippen molar-refractivity contribution in [2.24, 2.45) is 5.73 Å². The average Bonchev–Trinajstić information content (AvgIpc) is 2.87. The van der Waals surface area contributed by atoms with Gasteiger partial charge in [0.05, 0.1) is 0 Å². The van der Waals surface area contributed by atoms with Crippen molar-refractivity contribution in [1.29, 1.82) is 0 Å². The predicted molar refractivity (Wildman–Crippen MR) is 58.5 cm³/mol. The van der Waals surface area contributed by atoms with Crippen LogP contribution < -0.4 is 5.73 Å². The molecule has 1 saturated heterocycles. The molecule has 0 saturated carbocycles. The number of nitrogens with two attached hydrogens (primary N) is 1. The molecular formula is C11H17N3O. The molecule has 0 bridgehead atoms. The summed E-state index contributed by atoms with van der Waals surface area (Å²) in [5, 5.41) is 0. The Bertz CT molecular complexity index is 321. The largest absolute Gasteiger partial charge is 0.357 e. The number of nitrogens with zero attached hydrogens (tertiary/aromatic N) is 1. The van der Waals surface area contributed by atoms with Gasteiger partial charge >= 0.3 is 0 Å². The van der Waals surface area contributed by atoms with Gasteiger partial charge in [0, 0.05) is 18.8 Å². The molecule has 1 amide bonds. The molecule has 1 atom stereocenters. The third-order valence-corrected chi connectivity index (χ3v) is 2.97. The van der Waals surface area contributed by atoms with Crippen molar-refractivity contribution < 1.29 is 4.79 Å². The highest BCUT2D eigenvalue weighted by Crippen LogP contribution is 2.21. The van der Waals surface area contributed by atoms with Gasteiger partial charge in [0.15, 0.2) is 0 Å². The van der Waals surface area contributed by atoms with E-state index in [2.05, 4.69) is 4.98 Å². The Kier molecular flexibility index (Phi) is 3.06. The maximum Gasteiger partial charge on any atom is 0.270 e. The number of carbonyl (C=O) groups is 1. The number of H-pyrrole nitrogens is 1. The summed E-state index contributed by atoms with van der Waals surface area (Å²) in [4.78, 5) is 16.9. The summed E-state index contributed by atoms with van der Waals surface area (Å²) in [5.74, 6) is 0.107. The minimum Gasteiger partial charge on any atom is -0.357 e. The first-order valence-electron chi connectivity index (χ1n) is 5.47. The molecule has 4 nitrogen and oxygen atoms in total. The van der Waals surface area contributed by atoms with E-state index in [9.17, 15) is 4.79 Å². The molecule has 1 aliphatic heterocycles. The Balaban J connectivity index is 2.06. The predicted octanol–water partition coefficient (Wildman–Crippen LogP) is 0.968. The molecule has 0 aromatic carbocycles. The summed E-state index contributed by atoms with van der Waals surface area (Å²) in [5.41, 5.74) is 6.22. The van der Waals surface area contributed by atoms with Gasteiger partial charge in [0.1, 0.15) is 5.69 Å². The van der Waals surface area contributed by atoms with E-state index in [1.54, 1.807) is 6.20 Å². The zero-order valence-electron chi connectivity index (χ0n) is 8.78. The zero-order valence-corrected chi connectivity index (χ0v) is 8.78. The van der Waals surface area contributed by atoms with Crippen LogP contribution in [0.1, 0.15) is 29.8 Å². The van der Waals surface area contributed by atoms with E-state index in [4.69, 9.17) is 5.73 Å². The van der Waals surface area contributed by atoms with E-state index in [1.807, 2.05) is 17.0 Å². The first-order chi connectivity index (χ1) is 7.33. The van der Waals surface area contributed by atoms with E-state index in [0.29, 0.717) is 18.3 Å². The molecule has 82 valence electrons. The standard InChI is InChI=1S/C11H17N3O/c12-6-5-9-3-2-8-14(9)11(15)10-4-1-7-13-10/h1,4,7,9,13H,2-3,5-6,8,12H2. The zero-order chi connectivity index (χ0) is 10.7. The summed E-state index contributed by atoms with van der Waals surface area (Å²) in [6, 6.07) is 4.01. The number of amides is 1. The van der Waals surface area contributed by atoms with Crippen LogP contribution in [0.5, 0.6) is 0 Å². The van der Waals surface area contributed by atoms with Crippen LogP contribution in [0.4, 0.5) is 0 Å². The fourth-order valence-electron chi connectivity index (χ4n) is 2.21. The SMILES string of the molecule is NCCC1CCCN1C(=O)c1ccc[nH]1. The highest BCUT2D eigenvalue weighted by atomic mass is 16.2. The third kappa shape index (κ3) is 2.04. The highest BCUT2D eigenvalue weighted by molar-refractivity contribution is 5.92. The molecule has 15 heavy (non-hydrogen) atoms. The van der Waals surface area contributed by atoms with Gasteiger partial charge in [-0.1, -0.05) is 0 Å². The van der Waals surface area contributed by atoms with E-state index in [1.165, 1.54) is 0 Å². The maximum absolute atomic E-state index is 12.0. The number of aromatic amines is 1. The monoisotopic (exact) mass is 207 g/mol. The van der Waals surface area contributed by atoms with Crippen molar-refractivity contribution in [2.45, 2.75) is 25.3 Å². The summed E-state index contributed by atoms with van der Waals surface area (Å²) < 4.78 is 0. The number of aromatic nitrogens is 1. The van der Waals surface area contributed by atoms with E-state index >= 15 is 0 Å². The van der Waals surface area contributed by atoms with Crippen LogP contribution in [0, 0.1) is 0 Å². The van der Waals surface area contributed by atoms with Gasteiger partial charge < -0.3 is 15.6 Å². The molecule has 0 aliphatic carbocycles. The summed E-state index contributed by atoms with van der Waals surface area (Å²) >= 11 is 0. The van der Waals surface area contributed by atoms with Crippen molar-refractivity contribution in [1.82, 2.24) is 9.88 Å². The average molecular weight is 207 g/mol. The van der Waals surface area contributed by atoms with Crippen LogP contribution >= 0.6 is 0 Å². The number of nitrogens with one attached hydrogen (secondary N) is 1. The second kappa shape index (κ2) is 4.49. The van der Waals surface area contributed by atoms with E-state index in [0.717, 1.165) is 25.8 Å². The van der Waals surface area contributed by atoms with Crippen LogP contribution in [0.2, 0.25) is 0 Å². The van der Waals surface area contributed by atoms with Crippen molar-refractivity contribution in [2.75, 3.05) is 13.1 Å². The van der Waals surface area contributed by atoms with Crippen molar-refractivity contribution in [3.05, 3.63) is 24.0 Å². The van der Waals surface area contributed by atoms with Gasteiger partial charge in [-0.3, -0.25) is 4.79 Å². The molecule has 1 aromatic heterocycles. The lowest BCUT2D eigenvalue weighted by molar-refractivity contribution is 0.0727. The summed E-state index contributed by atoms with van der Waals surface area (Å²) in [6.45, 7) is 1.52. The molecule has 4 heteroatoms. The molecule has 2 rings (SSSR count). The van der Waals surface area contributed by atoms with E-state index < -0.39 is 0 Å². The van der Waals surface area contributed by atoms with Crippen LogP contribution in [-0.4, -0.2) is 34.9 Å². The van der Waals surface area contributed by atoms with Gasteiger partial charge in [-0.25, -0.2) is 0 Å². The van der Waals surface area contributed by atoms with Crippen molar-refractivity contribution >= 4 is 5.91 Å². The molecule has 1 aromatic rings. The Morgan fingerprint density at radius 3 is 3.20 bits per heavy atom. The lowest BCUT2D eigenvalue weighted by Gasteiger charge is -2.23. The van der Waals surface area contributed by atoms with Gasteiger partial charge in [0.25, 0.3) is 5.91 Å². The fraction of sp³-hybridized carbons (Fsp3) is 0.545. The lowest BCUT2D eigenvalue weighted by atomic mass is 10.1. The van der Waals surface area contributed by atoms with Gasteiger partial charge in [0.2, 0.25) is 0 Å². The van der Waals surface area contributed by atoms with Crippen molar-refractivity contribution in [3.8, 4) is 0 Å². The molecule has 1 aliphatic rings.